The molecule has 0 aromatic rings. The van der Waals surface area contributed by atoms with E-state index in [-0.39, 0.29) is 0 Å². The number of ether oxygens (including phenoxy) is 1. The van der Waals surface area contributed by atoms with Crippen molar-refractivity contribution in [2.24, 2.45) is 0 Å². The summed E-state index contributed by atoms with van der Waals surface area (Å²) in [7, 11) is 0. The van der Waals surface area contributed by atoms with Gasteiger partial charge in [-0.15, -0.1) is 0 Å². The zero-order valence-corrected chi connectivity index (χ0v) is 7.02. The van der Waals surface area contributed by atoms with Crippen LogP contribution in [0.2, 0.25) is 0 Å². The van der Waals surface area contributed by atoms with Crippen LogP contribution in [0.4, 0.5) is 0 Å². The molecule has 9 heavy (non-hydrogen) atoms. The summed E-state index contributed by atoms with van der Waals surface area (Å²) in [5.74, 6) is 0.634. The van der Waals surface area contributed by atoms with Gasteiger partial charge in [0.25, 0.3) is 0 Å². The summed E-state index contributed by atoms with van der Waals surface area (Å²) in [6, 6.07) is 0. The monoisotopic (exact) mass is 194 g/mol. The molecule has 0 aromatic heterocycles. The van der Waals surface area contributed by atoms with Gasteiger partial charge in [0.05, 0.1) is 11.9 Å². The molecule has 0 aliphatic heterocycles. The van der Waals surface area contributed by atoms with Crippen LogP contribution in [0.25, 0.3) is 0 Å². The Hall–Kier alpha value is -0.0200. The van der Waals surface area contributed by atoms with E-state index < -0.39 is 6.10 Å². The fourth-order valence-corrected chi connectivity index (χ4v) is 0.470. The van der Waals surface area contributed by atoms with Gasteiger partial charge in [0.2, 0.25) is 0 Å². The second kappa shape index (κ2) is 4.82. The molecule has 0 heterocycles. The summed E-state index contributed by atoms with van der Waals surface area (Å²) in [5.41, 5.74) is 0. The predicted octanol–water partition coefficient (Wildman–Crippen LogP) is 1.29. The summed E-state index contributed by atoms with van der Waals surface area (Å²) >= 11 is 3.11. The fraction of sp³-hybridized carbons (Fsp3) is 0.667. The average Bonchev–Trinajstić information content (AvgIpc) is 1.83. The molecule has 0 aliphatic rings. The number of allylic oxidation sites excluding steroid dienone is 1. The van der Waals surface area contributed by atoms with E-state index in [1.807, 2.05) is 0 Å². The minimum absolute atomic E-state index is 0.320. The molecule has 0 radical (unpaired) electrons. The van der Waals surface area contributed by atoms with Crippen molar-refractivity contribution in [3.63, 3.8) is 0 Å². The van der Waals surface area contributed by atoms with Gasteiger partial charge in [-0.05, 0) is 6.92 Å². The first-order valence-electron chi connectivity index (χ1n) is 2.69. The zero-order chi connectivity index (χ0) is 7.28. The minimum atomic E-state index is -0.429. The van der Waals surface area contributed by atoms with Crippen LogP contribution in [0.5, 0.6) is 0 Å². The molecular formula is C6H11BrO2. The normalized spacial score (nSPS) is 12.8. The Bertz CT molecular complexity index is 93.1. The maximum atomic E-state index is 8.89. The van der Waals surface area contributed by atoms with Gasteiger partial charge in [-0.2, -0.15) is 0 Å². The molecule has 0 saturated carbocycles. The molecule has 1 atom stereocenters. The maximum Gasteiger partial charge on any atom is 0.114 e. The van der Waals surface area contributed by atoms with E-state index in [4.69, 9.17) is 9.84 Å². The smallest absolute Gasteiger partial charge is 0.114 e. The standard InChI is InChI=1S/C6H11BrO2/c1-5(2)9-4-6(8)3-7/h6,8H,1,3-4H2,2H3/t6-/m0/s1. The third kappa shape index (κ3) is 5.86. The molecule has 0 saturated heterocycles. The van der Waals surface area contributed by atoms with Gasteiger partial charge in [0.15, 0.2) is 0 Å². The summed E-state index contributed by atoms with van der Waals surface area (Å²) in [6.07, 6.45) is -0.429. The lowest BCUT2D eigenvalue weighted by atomic mass is 10.4. The van der Waals surface area contributed by atoms with Gasteiger partial charge in [0, 0.05) is 5.33 Å². The van der Waals surface area contributed by atoms with Gasteiger partial charge in [-0.25, -0.2) is 0 Å². The first kappa shape index (κ1) is 8.98. The Balaban J connectivity index is 3.16. The van der Waals surface area contributed by atoms with E-state index in [0.717, 1.165) is 0 Å². The lowest BCUT2D eigenvalue weighted by Gasteiger charge is -2.07. The van der Waals surface area contributed by atoms with Gasteiger partial charge in [-0.1, -0.05) is 22.5 Å². The van der Waals surface area contributed by atoms with Gasteiger partial charge in [0.1, 0.15) is 6.61 Å². The lowest BCUT2D eigenvalue weighted by Crippen LogP contribution is -2.15. The molecule has 0 amide bonds. The van der Waals surface area contributed by atoms with Crippen LogP contribution in [-0.2, 0) is 4.74 Å². The number of aliphatic hydroxyl groups excluding tert-OH is 1. The van der Waals surface area contributed by atoms with Crippen LogP contribution in [0, 0.1) is 0 Å². The second-order valence-corrected chi connectivity index (χ2v) is 2.47. The van der Waals surface area contributed by atoms with E-state index >= 15 is 0 Å². The molecule has 0 aliphatic carbocycles. The van der Waals surface area contributed by atoms with Crippen LogP contribution in [-0.4, -0.2) is 23.1 Å². The Morgan fingerprint density at radius 2 is 2.44 bits per heavy atom. The number of hydrogen-bond acceptors (Lipinski definition) is 2. The van der Waals surface area contributed by atoms with E-state index in [1.165, 1.54) is 0 Å². The molecule has 3 heteroatoms. The van der Waals surface area contributed by atoms with Crippen LogP contribution < -0.4 is 0 Å². The molecule has 1 N–H and O–H groups in total. The summed E-state index contributed by atoms with van der Waals surface area (Å²) in [6.45, 7) is 5.58. The number of rotatable bonds is 4. The van der Waals surface area contributed by atoms with E-state index in [2.05, 4.69) is 22.5 Å². The van der Waals surface area contributed by atoms with E-state index in [0.29, 0.717) is 17.7 Å². The summed E-state index contributed by atoms with van der Waals surface area (Å²) < 4.78 is 4.92. The van der Waals surface area contributed by atoms with E-state index in [9.17, 15) is 0 Å². The van der Waals surface area contributed by atoms with Crippen LogP contribution in [0.15, 0.2) is 12.3 Å². The quantitative estimate of drug-likeness (QED) is 0.541. The molecule has 0 fully saturated rings. The minimum Gasteiger partial charge on any atom is -0.496 e. The van der Waals surface area contributed by atoms with Crippen LogP contribution >= 0.6 is 15.9 Å². The lowest BCUT2D eigenvalue weighted by molar-refractivity contribution is 0.0887. The number of alkyl halides is 1. The first-order valence-corrected chi connectivity index (χ1v) is 3.81. The maximum absolute atomic E-state index is 8.89. The van der Waals surface area contributed by atoms with Crippen molar-refractivity contribution in [1.29, 1.82) is 0 Å². The molecular weight excluding hydrogens is 184 g/mol. The highest BCUT2D eigenvalue weighted by Gasteiger charge is 1.99. The van der Waals surface area contributed by atoms with E-state index in [1.54, 1.807) is 6.92 Å². The second-order valence-electron chi connectivity index (χ2n) is 1.82. The molecule has 0 bridgehead atoms. The Labute approximate surface area is 63.6 Å². The Morgan fingerprint density at radius 3 is 2.78 bits per heavy atom. The van der Waals surface area contributed by atoms with Crippen molar-refractivity contribution in [2.75, 3.05) is 11.9 Å². The van der Waals surface area contributed by atoms with Crippen molar-refractivity contribution < 1.29 is 9.84 Å². The molecule has 54 valence electrons. The molecule has 0 aromatic carbocycles. The predicted molar refractivity (Wildman–Crippen MR) is 40.6 cm³/mol. The van der Waals surface area contributed by atoms with Gasteiger partial charge >= 0.3 is 0 Å². The van der Waals surface area contributed by atoms with Gasteiger partial charge < -0.3 is 9.84 Å². The third-order valence-corrected chi connectivity index (χ3v) is 1.45. The molecule has 2 nitrogen and oxygen atoms in total. The number of halogens is 1. The molecule has 0 rings (SSSR count). The summed E-state index contributed by atoms with van der Waals surface area (Å²) in [5, 5.41) is 9.44. The third-order valence-electron chi connectivity index (χ3n) is 0.700. The van der Waals surface area contributed by atoms with Gasteiger partial charge in [-0.3, -0.25) is 0 Å². The first-order chi connectivity index (χ1) is 4.16. The Kier molecular flexibility index (Phi) is 4.81. The number of hydrogen-bond donors (Lipinski definition) is 1. The number of aliphatic hydroxyl groups is 1. The average molecular weight is 195 g/mol. The van der Waals surface area contributed by atoms with Crippen molar-refractivity contribution >= 4 is 15.9 Å². The highest BCUT2D eigenvalue weighted by atomic mass is 79.9. The van der Waals surface area contributed by atoms with Crippen molar-refractivity contribution in [2.45, 2.75) is 13.0 Å². The van der Waals surface area contributed by atoms with Crippen LogP contribution in [0.1, 0.15) is 6.92 Å². The summed E-state index contributed by atoms with van der Waals surface area (Å²) in [4.78, 5) is 0. The topological polar surface area (TPSA) is 29.5 Å². The van der Waals surface area contributed by atoms with Crippen molar-refractivity contribution in [1.82, 2.24) is 0 Å². The van der Waals surface area contributed by atoms with Crippen LogP contribution in [0.3, 0.4) is 0 Å². The highest BCUT2D eigenvalue weighted by Crippen LogP contribution is 1.95. The fourth-order valence-electron chi connectivity index (χ4n) is 0.283. The van der Waals surface area contributed by atoms with Crippen molar-refractivity contribution in [3.8, 4) is 0 Å². The van der Waals surface area contributed by atoms with Crippen molar-refractivity contribution in [3.05, 3.63) is 12.3 Å². The zero-order valence-electron chi connectivity index (χ0n) is 5.43. The highest BCUT2D eigenvalue weighted by molar-refractivity contribution is 9.09. The Morgan fingerprint density at radius 1 is 1.89 bits per heavy atom. The SMILES string of the molecule is C=C(C)OC[C@@H](O)CBr. The molecule has 0 spiro atoms. The largest absolute Gasteiger partial charge is 0.496 e. The molecule has 0 unspecified atom stereocenters.